The van der Waals surface area contributed by atoms with Crippen LogP contribution in [0.4, 0.5) is 0 Å². The Kier molecular flexibility index (Phi) is 9.24. The van der Waals surface area contributed by atoms with Crippen LogP contribution < -0.4 is 20.5 Å². The molecule has 9 heteroatoms. The minimum Gasteiger partial charge on any atom is -0.493 e. The number of aliphatic imine (C=N–C) groups is 1. The van der Waals surface area contributed by atoms with Crippen LogP contribution in [0.3, 0.4) is 0 Å². The summed E-state index contributed by atoms with van der Waals surface area (Å²) in [5.74, 6) is 1.04. The maximum Gasteiger partial charge on any atom is 0.244 e. The number of ether oxygens (including phenoxy) is 2. The van der Waals surface area contributed by atoms with Crippen LogP contribution in [-0.4, -0.2) is 68.4 Å². The highest BCUT2D eigenvalue weighted by Gasteiger charge is 2.12. The molecule has 4 N–H and O–H groups in total. The second-order valence-electron chi connectivity index (χ2n) is 8.50. The fourth-order valence-corrected chi connectivity index (χ4v) is 3.59. The number of methoxy groups -OCH3 is 2. The number of aromatic nitrogens is 2. The van der Waals surface area contributed by atoms with Crippen LogP contribution in [-0.2, 0) is 4.79 Å². The minimum atomic E-state index is -0.220. The third kappa shape index (κ3) is 6.73. The van der Waals surface area contributed by atoms with Gasteiger partial charge in [-0.15, -0.1) is 0 Å². The highest BCUT2D eigenvalue weighted by atomic mass is 16.5. The van der Waals surface area contributed by atoms with Crippen LogP contribution in [0.1, 0.15) is 29.7 Å². The Hall–Kier alpha value is -4.11. The van der Waals surface area contributed by atoms with Crippen molar-refractivity contribution in [2.45, 2.75) is 13.0 Å². The first-order valence-electron chi connectivity index (χ1n) is 11.6. The van der Waals surface area contributed by atoms with Crippen LogP contribution >= 0.6 is 0 Å². The van der Waals surface area contributed by atoms with Gasteiger partial charge < -0.3 is 30.4 Å². The predicted molar refractivity (Wildman–Crippen MR) is 145 cm³/mol. The number of H-pyrrole nitrogens is 1. The van der Waals surface area contributed by atoms with Gasteiger partial charge in [0.25, 0.3) is 0 Å². The molecule has 0 unspecified atom stereocenters. The van der Waals surface area contributed by atoms with E-state index in [4.69, 9.17) is 15.2 Å². The van der Waals surface area contributed by atoms with Crippen molar-refractivity contribution in [3.8, 4) is 11.5 Å². The minimum absolute atomic E-state index is 0.216. The van der Waals surface area contributed by atoms with Crippen LogP contribution in [0.15, 0.2) is 53.9 Å². The van der Waals surface area contributed by atoms with E-state index in [0.29, 0.717) is 18.0 Å². The molecule has 36 heavy (non-hydrogen) atoms. The molecule has 0 saturated carbocycles. The van der Waals surface area contributed by atoms with Gasteiger partial charge in [-0.25, -0.2) is 4.98 Å². The fraction of sp³-hybridized carbons (Fsp3) is 0.296. The first kappa shape index (κ1) is 26.5. The first-order valence-corrected chi connectivity index (χ1v) is 11.6. The van der Waals surface area contributed by atoms with Crippen molar-refractivity contribution in [3.05, 3.63) is 65.6 Å². The van der Waals surface area contributed by atoms with Gasteiger partial charge in [-0.05, 0) is 50.9 Å². The normalized spacial score (nSPS) is 13.1. The number of nitrogens with one attached hydrogen (secondary N) is 2. The third-order valence-electron chi connectivity index (χ3n) is 5.66. The summed E-state index contributed by atoms with van der Waals surface area (Å²) in [5, 5.41) is 3.86. The monoisotopic (exact) mass is 490 g/mol. The second kappa shape index (κ2) is 12.6. The molecule has 0 bridgehead atoms. The van der Waals surface area contributed by atoms with Gasteiger partial charge in [-0.3, -0.25) is 9.79 Å². The molecule has 1 aromatic carbocycles. The van der Waals surface area contributed by atoms with Gasteiger partial charge in [-0.2, -0.15) is 0 Å². The number of fused-ring (bicyclic) bond motifs is 1. The van der Waals surface area contributed by atoms with Crippen molar-refractivity contribution in [3.63, 3.8) is 0 Å². The first-order chi connectivity index (χ1) is 17.4. The molecule has 190 valence electrons. The Morgan fingerprint density at radius 1 is 1.25 bits per heavy atom. The van der Waals surface area contributed by atoms with E-state index in [0.717, 1.165) is 39.8 Å². The van der Waals surface area contributed by atoms with E-state index >= 15 is 0 Å². The zero-order chi connectivity index (χ0) is 26.1. The molecular weight excluding hydrogens is 456 g/mol. The number of nitrogens with zero attached hydrogens (tertiary/aromatic N) is 3. The molecule has 3 aromatic rings. The number of nitrogens with two attached hydrogens (primary N) is 1. The number of allylic oxidation sites excluding steroid dienone is 1. The van der Waals surface area contributed by atoms with Crippen molar-refractivity contribution >= 4 is 34.8 Å². The van der Waals surface area contributed by atoms with Gasteiger partial charge in [-0.1, -0.05) is 6.07 Å². The Bertz CT molecular complexity index is 1280. The number of carbonyl (C=O) groups is 1. The fourth-order valence-electron chi connectivity index (χ4n) is 3.59. The molecule has 0 fully saturated rings. The average Bonchev–Trinajstić information content (AvgIpc) is 3.29. The van der Waals surface area contributed by atoms with Crippen molar-refractivity contribution in [1.82, 2.24) is 20.2 Å². The van der Waals surface area contributed by atoms with Gasteiger partial charge in [0.1, 0.15) is 5.65 Å². The number of hydrogen-bond acceptors (Lipinski definition) is 7. The largest absolute Gasteiger partial charge is 0.493 e. The molecule has 1 atom stereocenters. The topological polar surface area (TPSA) is 118 Å². The third-order valence-corrected chi connectivity index (χ3v) is 5.66. The summed E-state index contributed by atoms with van der Waals surface area (Å²) in [6, 6.07) is 7.34. The van der Waals surface area contributed by atoms with E-state index in [9.17, 15) is 4.79 Å². The number of likely N-dealkylation sites (N-methyl/N-ethyl adjacent to an activating group) is 1. The molecule has 0 saturated heterocycles. The van der Waals surface area contributed by atoms with E-state index in [1.54, 1.807) is 32.7 Å². The van der Waals surface area contributed by atoms with Gasteiger partial charge in [0, 0.05) is 59.5 Å². The van der Waals surface area contributed by atoms with Crippen molar-refractivity contribution in [1.29, 1.82) is 0 Å². The van der Waals surface area contributed by atoms with Crippen LogP contribution in [0.2, 0.25) is 0 Å². The van der Waals surface area contributed by atoms with Gasteiger partial charge >= 0.3 is 0 Å². The molecule has 0 radical (unpaired) electrons. The quantitative estimate of drug-likeness (QED) is 0.280. The lowest BCUT2D eigenvalue weighted by atomic mass is 10.1. The highest BCUT2D eigenvalue weighted by Crippen LogP contribution is 2.30. The number of amides is 1. The van der Waals surface area contributed by atoms with E-state index in [1.165, 1.54) is 12.3 Å². The predicted octanol–water partition coefficient (Wildman–Crippen LogP) is 3.40. The summed E-state index contributed by atoms with van der Waals surface area (Å²) in [6.45, 7) is 3.44. The number of pyridine rings is 1. The van der Waals surface area contributed by atoms with Gasteiger partial charge in [0.05, 0.1) is 26.8 Å². The molecular formula is C27H34N6O3. The lowest BCUT2D eigenvalue weighted by molar-refractivity contribution is -0.117. The number of hydrogen-bond donors (Lipinski definition) is 3. The molecule has 1 amide bonds. The molecule has 3 rings (SSSR count). The van der Waals surface area contributed by atoms with E-state index < -0.39 is 0 Å². The lowest BCUT2D eigenvalue weighted by Gasteiger charge is -2.15. The molecule has 0 spiro atoms. The Balaban J connectivity index is 1.72. The number of carbonyl (C=O) groups excluding carboxylic acids is 1. The Morgan fingerprint density at radius 3 is 2.72 bits per heavy atom. The summed E-state index contributed by atoms with van der Waals surface area (Å²) in [6.07, 6.45) is 10.1. The number of benzene rings is 1. The molecule has 0 aliphatic heterocycles. The summed E-state index contributed by atoms with van der Waals surface area (Å²) in [7, 11) is 7.18. The zero-order valence-corrected chi connectivity index (χ0v) is 21.4. The molecule has 0 aliphatic carbocycles. The summed E-state index contributed by atoms with van der Waals surface area (Å²) < 4.78 is 10.6. The van der Waals surface area contributed by atoms with Crippen molar-refractivity contribution in [2.24, 2.45) is 10.7 Å². The summed E-state index contributed by atoms with van der Waals surface area (Å²) in [4.78, 5) is 26.8. The number of rotatable bonds is 11. The van der Waals surface area contributed by atoms with Gasteiger partial charge in [0.15, 0.2) is 11.5 Å². The molecule has 9 nitrogen and oxygen atoms in total. The van der Waals surface area contributed by atoms with Crippen LogP contribution in [0.5, 0.6) is 11.5 Å². The second-order valence-corrected chi connectivity index (χ2v) is 8.50. The van der Waals surface area contributed by atoms with E-state index in [1.807, 2.05) is 51.5 Å². The Labute approximate surface area is 211 Å². The number of aromatic amines is 1. The Morgan fingerprint density at radius 2 is 2.03 bits per heavy atom. The molecule has 2 aromatic heterocycles. The lowest BCUT2D eigenvalue weighted by Crippen LogP contribution is -2.24. The van der Waals surface area contributed by atoms with Crippen molar-refractivity contribution < 1.29 is 14.3 Å². The van der Waals surface area contributed by atoms with Gasteiger partial charge in [0.2, 0.25) is 5.91 Å². The molecule has 0 aliphatic rings. The van der Waals surface area contributed by atoms with E-state index in [-0.39, 0.29) is 11.9 Å². The van der Waals surface area contributed by atoms with Crippen molar-refractivity contribution in [2.75, 3.05) is 41.4 Å². The zero-order valence-electron chi connectivity index (χ0n) is 21.4. The maximum absolute atomic E-state index is 12.6. The average molecular weight is 491 g/mol. The smallest absolute Gasteiger partial charge is 0.244 e. The van der Waals surface area contributed by atoms with E-state index in [2.05, 4.69) is 25.2 Å². The molecule has 2 heterocycles. The maximum atomic E-state index is 12.6. The summed E-state index contributed by atoms with van der Waals surface area (Å²) in [5.41, 5.74) is 9.94. The van der Waals surface area contributed by atoms with Crippen LogP contribution in [0.25, 0.3) is 22.7 Å². The highest BCUT2D eigenvalue weighted by molar-refractivity contribution is 6.10. The summed E-state index contributed by atoms with van der Waals surface area (Å²) >= 11 is 0. The van der Waals surface area contributed by atoms with Crippen LogP contribution in [0, 0.1) is 0 Å². The standard InChI is InChI=1S/C27H34N6O3/c1-18(19-6-8-24(35-4)25(13-19)36-5)32-26(34)9-7-20-16-30-27-23(20)12-21(17-31-27)22(14-28)15-29-10-11-33(2)3/h6-9,12-18H,10-11,28H2,1-5H3,(H,30,31)(H,32,34)/b9-7+,22-14?,29-15?/t18-/m1/s1. The SMILES string of the molecule is COc1ccc([C@@H](C)NC(=O)/C=C/c2c[nH]c3ncc(C(C=NCCN(C)C)=CN)cc23)cc1OC.